The third-order valence-corrected chi connectivity index (χ3v) is 8.28. The number of aromatic amines is 2. The van der Waals surface area contributed by atoms with Gasteiger partial charge in [-0.3, -0.25) is 0 Å². The number of hydrogen-bond donors (Lipinski definition) is 2. The van der Waals surface area contributed by atoms with E-state index in [1.54, 1.807) is 0 Å². The number of rotatable bonds is 1. The zero-order chi connectivity index (χ0) is 21.8. The van der Waals surface area contributed by atoms with Gasteiger partial charge in [0.15, 0.2) is 0 Å². The topological polar surface area (TPSA) is 57.4 Å². The first-order valence-electron chi connectivity index (χ1n) is 10.4. The quantitative estimate of drug-likeness (QED) is 0.271. The minimum absolute atomic E-state index is 0.803. The van der Waals surface area contributed by atoms with Gasteiger partial charge in [-0.05, 0) is 72.8 Å². The molecule has 3 aromatic heterocycles. The predicted molar refractivity (Wildman–Crippen MR) is 131 cm³/mol. The second kappa shape index (κ2) is 9.48. The fourth-order valence-corrected chi connectivity index (χ4v) is 5.38. The van der Waals surface area contributed by atoms with E-state index < -0.39 is 16.1 Å². The summed E-state index contributed by atoms with van der Waals surface area (Å²) in [4.78, 5) is 16.0. The molecule has 0 amide bonds. The van der Waals surface area contributed by atoms with Crippen molar-refractivity contribution in [1.29, 1.82) is 0 Å². The molecule has 6 rings (SSSR count). The number of fused-ring (bicyclic) bond motifs is 8. The number of aromatic nitrogens is 4. The van der Waals surface area contributed by atoms with E-state index in [-0.39, 0.29) is 0 Å². The van der Waals surface area contributed by atoms with Crippen molar-refractivity contribution in [2.75, 3.05) is 0 Å². The van der Waals surface area contributed by atoms with Crippen LogP contribution in [0.4, 0.5) is 0 Å². The number of nitrogens with zero attached hydrogens (tertiary/aromatic N) is 2. The van der Waals surface area contributed by atoms with Crippen LogP contribution in [-0.4, -0.2) is 19.9 Å². The van der Waals surface area contributed by atoms with Crippen LogP contribution >= 0.6 is 9.69 Å². The van der Waals surface area contributed by atoms with Crippen molar-refractivity contribution in [2.24, 2.45) is 0 Å². The van der Waals surface area contributed by atoms with Crippen LogP contribution in [0, 0.1) is 0 Å². The monoisotopic (exact) mass is 486 g/mol. The van der Waals surface area contributed by atoms with Gasteiger partial charge >= 0.3 is 60.3 Å². The van der Waals surface area contributed by atoms with Gasteiger partial charge in [0.25, 0.3) is 0 Å². The van der Waals surface area contributed by atoms with Crippen molar-refractivity contribution in [3.63, 3.8) is 0 Å². The van der Waals surface area contributed by atoms with Crippen LogP contribution in [0.15, 0.2) is 78.9 Å². The molecule has 0 radical (unpaired) electrons. The average molecular weight is 488 g/mol. The van der Waals surface area contributed by atoms with Gasteiger partial charge in [-0.25, -0.2) is 9.97 Å². The van der Waals surface area contributed by atoms with Gasteiger partial charge in [-0.15, -0.1) is 0 Å². The molecule has 0 saturated heterocycles. The van der Waals surface area contributed by atoms with Gasteiger partial charge in [0, 0.05) is 22.1 Å². The molecule has 0 fully saturated rings. The first-order chi connectivity index (χ1) is 15.7. The van der Waals surface area contributed by atoms with Crippen molar-refractivity contribution in [1.82, 2.24) is 19.9 Å². The Morgan fingerprint density at radius 1 is 0.531 bits per heavy atom. The molecule has 1 aromatic carbocycles. The molecule has 8 bridgehead atoms. The molecule has 2 N–H and O–H groups in total. The zero-order valence-electron chi connectivity index (χ0n) is 17.3. The van der Waals surface area contributed by atoms with E-state index in [0.29, 0.717) is 0 Å². The normalized spacial score (nSPS) is 11.5. The van der Waals surface area contributed by atoms with Gasteiger partial charge in [0.05, 0.1) is 22.8 Å². The maximum absolute atomic E-state index is 5.71. The van der Waals surface area contributed by atoms with Crippen LogP contribution in [0.3, 0.4) is 0 Å². The molecule has 32 heavy (non-hydrogen) atoms. The summed E-state index contributed by atoms with van der Waals surface area (Å²) in [6.07, 6.45) is 8.09. The molecule has 6 heteroatoms. The zero-order valence-corrected chi connectivity index (χ0v) is 21.0. The molecule has 152 valence electrons. The molecule has 0 saturated carbocycles. The summed E-state index contributed by atoms with van der Waals surface area (Å²) < 4.78 is 1.36. The molecule has 2 aliphatic heterocycles. The van der Waals surface area contributed by atoms with Crippen molar-refractivity contribution >= 4 is 60.2 Å². The average Bonchev–Trinajstić information content (AvgIpc) is 3.61. The Labute approximate surface area is 197 Å². The van der Waals surface area contributed by atoms with Gasteiger partial charge in [0.2, 0.25) is 0 Å². The number of halogens is 1. The van der Waals surface area contributed by atoms with E-state index in [2.05, 4.69) is 56.3 Å². The summed E-state index contributed by atoms with van der Waals surface area (Å²) in [5, 5.41) is 0. The van der Waals surface area contributed by atoms with Gasteiger partial charge < -0.3 is 9.97 Å². The third kappa shape index (κ3) is 5.13. The second-order valence-electron chi connectivity index (χ2n) is 7.52. The molecular weight excluding hydrogens is 469 g/mol. The van der Waals surface area contributed by atoms with Gasteiger partial charge in [0.1, 0.15) is 0 Å². The first kappa shape index (κ1) is 20.6. The summed E-state index contributed by atoms with van der Waals surface area (Å²) in [6.45, 7) is 0. The van der Waals surface area contributed by atoms with Crippen molar-refractivity contribution in [3.05, 3.63) is 102 Å². The Bertz CT molecular complexity index is 1290. The van der Waals surface area contributed by atoms with Crippen LogP contribution in [0.2, 0.25) is 0 Å². The molecule has 0 aliphatic carbocycles. The van der Waals surface area contributed by atoms with Crippen LogP contribution in [-0.2, 0) is 16.1 Å². The Morgan fingerprint density at radius 2 is 0.906 bits per heavy atom. The van der Waals surface area contributed by atoms with Crippen molar-refractivity contribution in [2.45, 2.75) is 0 Å². The molecule has 0 atom stereocenters. The molecule has 5 heterocycles. The first-order valence-corrected chi connectivity index (χ1v) is 15.8. The SMILES string of the molecule is C1=Cc2cc3ccc(cc4nc(cc5ccc(cc1n2)[nH]5)C=C4)[nH]3.[Cl][Zn][c]1ccccc1. The summed E-state index contributed by atoms with van der Waals surface area (Å²) in [6, 6.07) is 26.6. The number of hydrogen-bond acceptors (Lipinski definition) is 2. The number of benzene rings is 1. The van der Waals surface area contributed by atoms with E-state index in [4.69, 9.17) is 9.69 Å². The Morgan fingerprint density at radius 3 is 1.22 bits per heavy atom. The molecule has 4 aromatic rings. The van der Waals surface area contributed by atoms with Gasteiger partial charge in [-0.2, -0.15) is 0 Å². The van der Waals surface area contributed by atoms with Crippen LogP contribution in [0.5, 0.6) is 0 Å². The molecule has 0 spiro atoms. The van der Waals surface area contributed by atoms with E-state index in [9.17, 15) is 0 Å². The predicted octanol–water partition coefficient (Wildman–Crippen LogP) is 6.20. The Hall–Kier alpha value is -3.27. The fraction of sp³-hybridized carbons (Fsp3) is 0. The standard InChI is InChI=1S/C20H14N4.C6H5.ClH.Zn/c1-2-14-10-16-5-6-18(23-16)12-20-8-7-19(24-20)11-17-4-3-15(22-17)9-13(1)21-14;1-2-4-6-5-3-1;;/h1-12,21,24H;1-5H;1H;/q;;;+1/p-1. The summed E-state index contributed by atoms with van der Waals surface area (Å²) >= 11 is -0.803. The maximum atomic E-state index is 5.71. The summed E-state index contributed by atoms with van der Waals surface area (Å²) in [5.74, 6) is 0. The van der Waals surface area contributed by atoms with E-state index in [1.165, 1.54) is 4.16 Å². The van der Waals surface area contributed by atoms with Crippen LogP contribution in [0.25, 0.3) is 46.4 Å². The Balaban J connectivity index is 0.000000230. The van der Waals surface area contributed by atoms with Crippen LogP contribution in [0.1, 0.15) is 22.8 Å². The second-order valence-corrected chi connectivity index (χ2v) is 11.2. The number of H-pyrrole nitrogens is 2. The third-order valence-electron chi connectivity index (χ3n) is 5.04. The molecule has 2 aliphatic rings. The Kier molecular flexibility index (Phi) is 6.11. The number of nitrogens with one attached hydrogen (secondary N) is 2. The minimum atomic E-state index is -0.803. The van der Waals surface area contributed by atoms with Crippen LogP contribution < -0.4 is 4.16 Å². The van der Waals surface area contributed by atoms with Crippen molar-refractivity contribution < 1.29 is 16.1 Å². The summed E-state index contributed by atoms with van der Waals surface area (Å²) in [5.41, 5.74) is 7.86. The summed E-state index contributed by atoms with van der Waals surface area (Å²) in [7, 11) is 5.71. The molecule has 4 nitrogen and oxygen atoms in total. The van der Waals surface area contributed by atoms with E-state index >= 15 is 0 Å². The fourth-order valence-electron chi connectivity index (χ4n) is 3.51. The molecule has 0 unspecified atom stereocenters. The van der Waals surface area contributed by atoms with Crippen molar-refractivity contribution in [3.8, 4) is 0 Å². The molecular formula is C26H19ClN4Zn. The van der Waals surface area contributed by atoms with E-state index in [1.807, 2.05) is 66.8 Å². The van der Waals surface area contributed by atoms with Gasteiger partial charge in [-0.1, -0.05) is 0 Å². The van der Waals surface area contributed by atoms with E-state index in [0.717, 1.165) is 44.8 Å².